The van der Waals surface area contributed by atoms with Gasteiger partial charge in [0.2, 0.25) is 0 Å². The number of aryl methyl sites for hydroxylation is 1. The Morgan fingerprint density at radius 2 is 1.75 bits per heavy atom. The van der Waals surface area contributed by atoms with Gasteiger partial charge < -0.3 is 9.67 Å². The maximum absolute atomic E-state index is 13.8. The van der Waals surface area contributed by atoms with Crippen LogP contribution >= 0.6 is 0 Å². The van der Waals surface area contributed by atoms with E-state index in [2.05, 4.69) is 4.98 Å². The number of aromatic nitrogens is 2. The summed E-state index contributed by atoms with van der Waals surface area (Å²) in [5.74, 6) is -2.65. The molecule has 0 radical (unpaired) electrons. The zero-order chi connectivity index (χ0) is 15.1. The fourth-order valence-corrected chi connectivity index (χ4v) is 1.77. The Hall–Kier alpha value is -1.96. The molecule has 0 saturated carbocycles. The Morgan fingerprint density at radius 3 is 2.15 bits per heavy atom. The second-order valence-corrected chi connectivity index (χ2v) is 4.15. The molecule has 0 aliphatic rings. The Morgan fingerprint density at radius 1 is 1.20 bits per heavy atom. The summed E-state index contributed by atoms with van der Waals surface area (Å²) in [7, 11) is 1.20. The van der Waals surface area contributed by atoms with Crippen molar-refractivity contribution in [2.75, 3.05) is 0 Å². The number of benzene rings is 1. The molecule has 0 atom stereocenters. The van der Waals surface area contributed by atoms with Crippen molar-refractivity contribution >= 4 is 0 Å². The third kappa shape index (κ3) is 2.51. The summed E-state index contributed by atoms with van der Waals surface area (Å²) < 4.78 is 66.0. The maximum atomic E-state index is 13.8. The van der Waals surface area contributed by atoms with Gasteiger partial charge in [0.15, 0.2) is 5.69 Å². The molecule has 0 fully saturated rings. The number of aliphatic hydroxyl groups excluding tert-OH is 1. The minimum atomic E-state index is -4.70. The van der Waals surface area contributed by atoms with E-state index in [-0.39, 0.29) is 5.56 Å². The summed E-state index contributed by atoms with van der Waals surface area (Å²) in [6, 6.07) is 1.70. The van der Waals surface area contributed by atoms with Gasteiger partial charge in [-0.25, -0.2) is 13.8 Å². The number of rotatable bonds is 2. The molecule has 0 unspecified atom stereocenters. The van der Waals surface area contributed by atoms with E-state index in [0.29, 0.717) is 6.20 Å². The summed E-state index contributed by atoms with van der Waals surface area (Å²) in [4.78, 5) is 3.22. The first-order valence-electron chi connectivity index (χ1n) is 5.43. The molecule has 0 bridgehead atoms. The van der Waals surface area contributed by atoms with Gasteiger partial charge in [-0.1, -0.05) is 0 Å². The fourth-order valence-electron chi connectivity index (χ4n) is 1.77. The first-order chi connectivity index (χ1) is 9.24. The van der Waals surface area contributed by atoms with Gasteiger partial charge in [0, 0.05) is 13.2 Å². The van der Waals surface area contributed by atoms with Crippen LogP contribution in [-0.4, -0.2) is 14.7 Å². The van der Waals surface area contributed by atoms with E-state index in [1.54, 1.807) is 0 Å². The number of imidazole rings is 1. The van der Waals surface area contributed by atoms with Crippen LogP contribution in [0, 0.1) is 11.6 Å². The highest BCUT2D eigenvalue weighted by Crippen LogP contribution is 2.32. The predicted molar refractivity (Wildman–Crippen MR) is 59.5 cm³/mol. The van der Waals surface area contributed by atoms with Crippen molar-refractivity contribution in [1.82, 2.24) is 9.55 Å². The molecular formula is C12H9F5N2O. The van der Waals surface area contributed by atoms with Crippen molar-refractivity contribution in [3.63, 3.8) is 0 Å². The lowest BCUT2D eigenvalue weighted by Crippen LogP contribution is -2.05. The second kappa shape index (κ2) is 4.86. The largest absolute Gasteiger partial charge is 0.434 e. The van der Waals surface area contributed by atoms with Gasteiger partial charge >= 0.3 is 6.18 Å². The molecule has 8 heteroatoms. The minimum Gasteiger partial charge on any atom is -0.392 e. The summed E-state index contributed by atoms with van der Waals surface area (Å²) in [5, 5.41) is 8.81. The van der Waals surface area contributed by atoms with E-state index in [1.807, 2.05) is 0 Å². The van der Waals surface area contributed by atoms with Crippen molar-refractivity contribution < 1.29 is 27.1 Å². The van der Waals surface area contributed by atoms with Crippen LogP contribution in [0.4, 0.5) is 22.0 Å². The topological polar surface area (TPSA) is 38.0 Å². The molecule has 3 nitrogen and oxygen atoms in total. The Labute approximate surface area is 110 Å². The second-order valence-electron chi connectivity index (χ2n) is 4.15. The smallest absolute Gasteiger partial charge is 0.392 e. The number of hydrogen-bond acceptors (Lipinski definition) is 2. The first kappa shape index (κ1) is 14.4. The monoisotopic (exact) mass is 292 g/mol. The normalized spacial score (nSPS) is 11.9. The van der Waals surface area contributed by atoms with Crippen molar-refractivity contribution in [1.29, 1.82) is 0 Å². The van der Waals surface area contributed by atoms with Gasteiger partial charge in [0.05, 0.1) is 12.2 Å². The number of halogens is 5. The molecule has 0 aliphatic heterocycles. The Kier molecular flexibility index (Phi) is 3.51. The molecule has 2 aromatic rings. The Bertz CT molecular complexity index is 625. The molecule has 1 aromatic heterocycles. The van der Waals surface area contributed by atoms with Crippen LogP contribution in [0.5, 0.6) is 0 Å². The highest BCUT2D eigenvalue weighted by atomic mass is 19.4. The van der Waals surface area contributed by atoms with Crippen LogP contribution in [0.3, 0.4) is 0 Å². The average molecular weight is 292 g/mol. The SMILES string of the molecule is Cn1cc(C(F)(F)F)nc1-c1c(F)cc(CO)cc1F. The zero-order valence-corrected chi connectivity index (χ0v) is 10.2. The zero-order valence-electron chi connectivity index (χ0n) is 10.2. The highest BCUT2D eigenvalue weighted by molar-refractivity contribution is 5.58. The van der Waals surface area contributed by atoms with Crippen LogP contribution in [-0.2, 0) is 19.8 Å². The lowest BCUT2D eigenvalue weighted by Gasteiger charge is -2.07. The van der Waals surface area contributed by atoms with Crippen LogP contribution in [0.2, 0.25) is 0 Å². The quantitative estimate of drug-likeness (QED) is 0.864. The lowest BCUT2D eigenvalue weighted by atomic mass is 10.1. The van der Waals surface area contributed by atoms with Crippen molar-refractivity contribution in [3.8, 4) is 11.4 Å². The van der Waals surface area contributed by atoms with Gasteiger partial charge in [0.25, 0.3) is 0 Å². The molecule has 0 saturated heterocycles. The molecule has 1 aromatic carbocycles. The molecule has 0 aliphatic carbocycles. The predicted octanol–water partition coefficient (Wildman–Crippen LogP) is 2.88. The van der Waals surface area contributed by atoms with Crippen LogP contribution in [0.25, 0.3) is 11.4 Å². The number of aliphatic hydroxyl groups is 1. The molecule has 0 spiro atoms. The maximum Gasteiger partial charge on any atom is 0.434 e. The molecule has 1 heterocycles. The van der Waals surface area contributed by atoms with Gasteiger partial charge in [-0.15, -0.1) is 0 Å². The Balaban J connectivity index is 2.61. The van der Waals surface area contributed by atoms with E-state index in [4.69, 9.17) is 5.11 Å². The van der Waals surface area contributed by atoms with E-state index < -0.39 is 41.5 Å². The summed E-state index contributed by atoms with van der Waals surface area (Å²) in [5.41, 5.74) is -1.92. The van der Waals surface area contributed by atoms with Crippen LogP contribution < -0.4 is 0 Å². The van der Waals surface area contributed by atoms with E-state index in [0.717, 1.165) is 16.7 Å². The molecule has 1 N–H and O–H groups in total. The van der Waals surface area contributed by atoms with Gasteiger partial charge in [-0.05, 0) is 17.7 Å². The highest BCUT2D eigenvalue weighted by Gasteiger charge is 2.35. The number of nitrogens with zero attached hydrogens (tertiary/aromatic N) is 2. The number of hydrogen-bond donors (Lipinski definition) is 1. The van der Waals surface area contributed by atoms with Crippen molar-refractivity contribution in [3.05, 3.63) is 41.2 Å². The molecular weight excluding hydrogens is 283 g/mol. The molecule has 0 amide bonds. The van der Waals surface area contributed by atoms with Crippen LogP contribution in [0.1, 0.15) is 11.3 Å². The van der Waals surface area contributed by atoms with E-state index in [1.165, 1.54) is 7.05 Å². The van der Waals surface area contributed by atoms with Crippen LogP contribution in [0.15, 0.2) is 18.3 Å². The summed E-state index contributed by atoms with van der Waals surface area (Å²) >= 11 is 0. The molecule has 108 valence electrons. The standard InChI is InChI=1S/C12H9F5N2O/c1-19-4-9(12(15,16)17)18-11(19)10-7(13)2-6(5-20)3-8(10)14/h2-4,20H,5H2,1H3. The van der Waals surface area contributed by atoms with Gasteiger partial charge in [0.1, 0.15) is 17.5 Å². The van der Waals surface area contributed by atoms with Crippen molar-refractivity contribution in [2.45, 2.75) is 12.8 Å². The van der Waals surface area contributed by atoms with Gasteiger partial charge in [-0.3, -0.25) is 0 Å². The molecule has 20 heavy (non-hydrogen) atoms. The summed E-state index contributed by atoms with van der Waals surface area (Å²) in [6.45, 7) is -0.581. The third-order valence-corrected chi connectivity index (χ3v) is 2.67. The number of alkyl halides is 3. The minimum absolute atomic E-state index is 0.0194. The first-order valence-corrected chi connectivity index (χ1v) is 5.43. The summed E-state index contributed by atoms with van der Waals surface area (Å²) in [6.07, 6.45) is -4.05. The third-order valence-electron chi connectivity index (χ3n) is 2.67. The fraction of sp³-hybridized carbons (Fsp3) is 0.250. The van der Waals surface area contributed by atoms with E-state index >= 15 is 0 Å². The van der Waals surface area contributed by atoms with E-state index in [9.17, 15) is 22.0 Å². The lowest BCUT2D eigenvalue weighted by molar-refractivity contribution is -0.140. The van der Waals surface area contributed by atoms with Crippen molar-refractivity contribution in [2.24, 2.45) is 7.05 Å². The average Bonchev–Trinajstić information content (AvgIpc) is 2.70. The molecule has 2 rings (SSSR count). The van der Waals surface area contributed by atoms with Gasteiger partial charge in [-0.2, -0.15) is 13.2 Å².